The smallest absolute Gasteiger partial charge is 0.123 e. The van der Waals surface area contributed by atoms with Crippen LogP contribution in [0.15, 0.2) is 24.3 Å². The van der Waals surface area contributed by atoms with Crippen molar-refractivity contribution in [1.82, 2.24) is 9.80 Å². The van der Waals surface area contributed by atoms with E-state index in [1.165, 1.54) is 12.8 Å². The van der Waals surface area contributed by atoms with E-state index in [2.05, 4.69) is 9.80 Å². The van der Waals surface area contributed by atoms with Gasteiger partial charge in [-0.25, -0.2) is 0 Å². The van der Waals surface area contributed by atoms with E-state index in [1.54, 1.807) is 0 Å². The van der Waals surface area contributed by atoms with Crippen molar-refractivity contribution in [2.24, 2.45) is 0 Å². The summed E-state index contributed by atoms with van der Waals surface area (Å²) in [6, 6.07) is 7.89. The lowest BCUT2D eigenvalue weighted by Crippen LogP contribution is -2.49. The lowest BCUT2D eigenvalue weighted by molar-refractivity contribution is 0.0478. The molecule has 0 amide bonds. The number of nitrogens with zero attached hydrogens (tertiary/aromatic N) is 2. The van der Waals surface area contributed by atoms with Crippen LogP contribution in [0.25, 0.3) is 0 Å². The molecule has 0 aromatic heterocycles. The first-order chi connectivity index (χ1) is 11.8. The largest absolute Gasteiger partial charge is 0.494 e. The number of hydrogen-bond acceptors (Lipinski definition) is 5. The summed E-state index contributed by atoms with van der Waals surface area (Å²) in [6.07, 6.45) is 2.93. The fourth-order valence-corrected chi connectivity index (χ4v) is 3.38. The third kappa shape index (κ3) is 5.36. The summed E-state index contributed by atoms with van der Waals surface area (Å²) in [5.41, 5.74) is 0. The Hall–Kier alpha value is -1.30. The van der Waals surface area contributed by atoms with Gasteiger partial charge in [-0.3, -0.25) is 9.80 Å². The number of ether oxygens (including phenoxy) is 3. The summed E-state index contributed by atoms with van der Waals surface area (Å²) in [6.45, 7) is 10.9. The molecular weight excluding hydrogens is 304 g/mol. The Morgan fingerprint density at radius 3 is 2.54 bits per heavy atom. The van der Waals surface area contributed by atoms with E-state index < -0.39 is 0 Å². The quantitative estimate of drug-likeness (QED) is 0.728. The van der Waals surface area contributed by atoms with Gasteiger partial charge in [0.1, 0.15) is 18.1 Å². The van der Waals surface area contributed by atoms with Gasteiger partial charge in [-0.1, -0.05) is 6.07 Å². The van der Waals surface area contributed by atoms with Gasteiger partial charge in [-0.05, 0) is 31.9 Å². The van der Waals surface area contributed by atoms with Crippen LogP contribution in [0.5, 0.6) is 11.5 Å². The molecule has 1 atom stereocenters. The SMILES string of the molecule is CCOc1cccc(OCCN2CCN(CC3CCCO3)CC2)c1. The maximum atomic E-state index is 5.87. The second-order valence-electron chi connectivity index (χ2n) is 6.53. The zero-order chi connectivity index (χ0) is 16.6. The number of piperazine rings is 1. The average Bonchev–Trinajstić information content (AvgIpc) is 3.10. The maximum absolute atomic E-state index is 5.87. The van der Waals surface area contributed by atoms with E-state index in [1.807, 2.05) is 31.2 Å². The molecule has 0 N–H and O–H groups in total. The Morgan fingerprint density at radius 2 is 1.83 bits per heavy atom. The molecule has 1 aromatic carbocycles. The van der Waals surface area contributed by atoms with Gasteiger partial charge in [0.25, 0.3) is 0 Å². The number of benzene rings is 1. The van der Waals surface area contributed by atoms with Crippen molar-refractivity contribution in [1.29, 1.82) is 0 Å². The molecule has 2 fully saturated rings. The average molecular weight is 334 g/mol. The molecule has 2 heterocycles. The van der Waals surface area contributed by atoms with Crippen LogP contribution in [0.2, 0.25) is 0 Å². The maximum Gasteiger partial charge on any atom is 0.123 e. The van der Waals surface area contributed by atoms with Gasteiger partial charge in [-0.15, -0.1) is 0 Å². The van der Waals surface area contributed by atoms with Gasteiger partial charge in [-0.2, -0.15) is 0 Å². The lowest BCUT2D eigenvalue weighted by Gasteiger charge is -2.35. The molecule has 3 rings (SSSR count). The molecule has 134 valence electrons. The Kier molecular flexibility index (Phi) is 6.75. The first-order valence-electron chi connectivity index (χ1n) is 9.25. The molecule has 24 heavy (non-hydrogen) atoms. The standard InChI is InChI=1S/C19H30N2O3/c1-2-22-17-5-3-6-18(15-17)24-14-12-20-8-10-21(11-9-20)16-19-7-4-13-23-19/h3,5-6,15,19H,2,4,7-14,16H2,1H3. The highest BCUT2D eigenvalue weighted by Gasteiger charge is 2.22. The van der Waals surface area contributed by atoms with Crippen LogP contribution in [0.4, 0.5) is 0 Å². The predicted octanol–water partition coefficient (Wildman–Crippen LogP) is 2.26. The van der Waals surface area contributed by atoms with E-state index in [9.17, 15) is 0 Å². The van der Waals surface area contributed by atoms with E-state index in [0.717, 1.165) is 64.0 Å². The van der Waals surface area contributed by atoms with Crippen molar-refractivity contribution in [2.45, 2.75) is 25.9 Å². The topological polar surface area (TPSA) is 34.2 Å². The van der Waals surface area contributed by atoms with E-state index in [4.69, 9.17) is 14.2 Å². The molecule has 5 heteroatoms. The van der Waals surface area contributed by atoms with Crippen LogP contribution in [0.1, 0.15) is 19.8 Å². The summed E-state index contributed by atoms with van der Waals surface area (Å²) in [4.78, 5) is 5.03. The molecule has 2 aliphatic rings. The highest BCUT2D eigenvalue weighted by Crippen LogP contribution is 2.19. The fourth-order valence-electron chi connectivity index (χ4n) is 3.38. The highest BCUT2D eigenvalue weighted by molar-refractivity contribution is 5.32. The van der Waals surface area contributed by atoms with Gasteiger partial charge < -0.3 is 14.2 Å². The van der Waals surface area contributed by atoms with E-state index >= 15 is 0 Å². The van der Waals surface area contributed by atoms with Crippen molar-refractivity contribution < 1.29 is 14.2 Å². The summed E-state index contributed by atoms with van der Waals surface area (Å²) >= 11 is 0. The van der Waals surface area contributed by atoms with Crippen LogP contribution in [-0.2, 0) is 4.74 Å². The van der Waals surface area contributed by atoms with Gasteiger partial charge in [0.05, 0.1) is 12.7 Å². The van der Waals surface area contributed by atoms with E-state index in [0.29, 0.717) is 12.7 Å². The Balaban J connectivity index is 1.32. The van der Waals surface area contributed by atoms with Gasteiger partial charge in [0.2, 0.25) is 0 Å². The van der Waals surface area contributed by atoms with Crippen molar-refractivity contribution in [2.75, 3.05) is 59.1 Å². The molecule has 5 nitrogen and oxygen atoms in total. The summed E-state index contributed by atoms with van der Waals surface area (Å²) in [5, 5.41) is 0. The Bertz CT molecular complexity index is 483. The van der Waals surface area contributed by atoms with Gasteiger partial charge in [0.15, 0.2) is 0 Å². The minimum atomic E-state index is 0.470. The highest BCUT2D eigenvalue weighted by atomic mass is 16.5. The predicted molar refractivity (Wildman–Crippen MR) is 95.0 cm³/mol. The van der Waals surface area contributed by atoms with Crippen molar-refractivity contribution in [3.63, 3.8) is 0 Å². The van der Waals surface area contributed by atoms with Crippen molar-refractivity contribution in [3.05, 3.63) is 24.3 Å². The molecule has 0 bridgehead atoms. The summed E-state index contributed by atoms with van der Waals surface area (Å²) in [7, 11) is 0. The first-order valence-corrected chi connectivity index (χ1v) is 9.25. The van der Waals surface area contributed by atoms with Gasteiger partial charge in [0, 0.05) is 51.9 Å². The molecule has 1 aromatic rings. The molecule has 1 unspecified atom stereocenters. The van der Waals surface area contributed by atoms with Crippen LogP contribution in [0.3, 0.4) is 0 Å². The molecule has 0 aliphatic carbocycles. The fraction of sp³-hybridized carbons (Fsp3) is 0.684. The van der Waals surface area contributed by atoms with Crippen molar-refractivity contribution in [3.8, 4) is 11.5 Å². The minimum Gasteiger partial charge on any atom is -0.494 e. The molecule has 0 spiro atoms. The molecule has 2 saturated heterocycles. The second kappa shape index (κ2) is 9.25. The summed E-state index contributed by atoms with van der Waals surface area (Å²) in [5.74, 6) is 1.76. The van der Waals surface area contributed by atoms with E-state index in [-0.39, 0.29) is 0 Å². The van der Waals surface area contributed by atoms with Crippen LogP contribution >= 0.6 is 0 Å². The third-order valence-corrected chi connectivity index (χ3v) is 4.74. The minimum absolute atomic E-state index is 0.470. The molecule has 0 saturated carbocycles. The normalized spacial score (nSPS) is 22.6. The Morgan fingerprint density at radius 1 is 1.08 bits per heavy atom. The van der Waals surface area contributed by atoms with Gasteiger partial charge >= 0.3 is 0 Å². The number of hydrogen-bond donors (Lipinski definition) is 0. The third-order valence-electron chi connectivity index (χ3n) is 4.74. The Labute approximate surface area is 145 Å². The zero-order valence-corrected chi connectivity index (χ0v) is 14.8. The molecule has 0 radical (unpaired) electrons. The lowest BCUT2D eigenvalue weighted by atomic mass is 10.2. The monoisotopic (exact) mass is 334 g/mol. The van der Waals surface area contributed by atoms with Crippen LogP contribution in [0, 0.1) is 0 Å². The first kappa shape index (κ1) is 17.5. The van der Waals surface area contributed by atoms with Crippen molar-refractivity contribution >= 4 is 0 Å². The zero-order valence-electron chi connectivity index (χ0n) is 14.8. The molecular formula is C19H30N2O3. The number of rotatable bonds is 8. The molecule has 2 aliphatic heterocycles. The summed E-state index contributed by atoms with van der Waals surface area (Å²) < 4.78 is 17.1. The second-order valence-corrected chi connectivity index (χ2v) is 6.53. The van der Waals surface area contributed by atoms with Crippen LogP contribution in [-0.4, -0.2) is 75.0 Å². The van der Waals surface area contributed by atoms with Crippen LogP contribution < -0.4 is 9.47 Å².